The molecule has 534 valence electrons. The molecule has 1 aromatic rings. The Kier molecular flexibility index (Phi) is 24.8. The second kappa shape index (κ2) is 31.4. The van der Waals surface area contributed by atoms with E-state index in [9.17, 15) is 117 Å². The fourth-order valence-corrected chi connectivity index (χ4v) is 12.7. The van der Waals surface area contributed by atoms with Crippen LogP contribution in [0.15, 0.2) is 30.6 Å². The lowest BCUT2D eigenvalue weighted by Gasteiger charge is -2.50. The summed E-state index contributed by atoms with van der Waals surface area (Å²) in [6.07, 6.45) is -77.8. The van der Waals surface area contributed by atoms with Crippen molar-refractivity contribution in [3.8, 4) is 0 Å². The molecule has 31 heterocycles. The Labute approximate surface area is 525 Å². The summed E-state index contributed by atoms with van der Waals surface area (Å²) in [6.45, 7) is -7.74. The molecule has 0 aromatic carbocycles. The van der Waals surface area contributed by atoms with Crippen LogP contribution >= 0.6 is 0 Å². The van der Waals surface area contributed by atoms with Crippen LogP contribution in [-0.4, -0.2) is 409 Å². The molecule has 40 nitrogen and oxygen atoms in total. The Morgan fingerprint density at radius 1 is 0.194 bits per heavy atom. The van der Waals surface area contributed by atoms with Gasteiger partial charge in [-0.3, -0.25) is 0 Å². The SMILES string of the molecule is OC[C@@H]1O[C@@H]2O[C@H]3[C@H](O)[C@@H](O)[C@@H](O[C@H]4[C@H](O)[C@H](O)[C@@H](O[C@H]5[C@@H](O)[C@@H](O)[C@@H](O[C@H]6[C@H](O)[C@@H](O)[C@@H](O[C@H]7[C@H](O)[C@@H](O)[C@@H](O[C@H]8[C@H](O)[C@@H](O)[C@@H](O[C@H]9[C@H](O)[C@@H](O)[C@@H](O[C@H]1[C@H](O)[C@H]2O)O[C@H]9CO)O[C@H]8CO)O[C@@H]7CO)O[C@@H]6CO)O[C@@H]5CO)O[C@@H]4CO)O[C@H]3C[n+]1ccccc1. The molecule has 1 aromatic heterocycles. The number of aliphatic hydroxyl groups is 23. The molecular weight excluding hydrogens is 1270 g/mol. The molecule has 0 aliphatic carbocycles. The van der Waals surface area contributed by atoms with E-state index in [1.165, 1.54) is 4.57 Å². The summed E-state index contributed by atoms with van der Waals surface area (Å²) >= 11 is 0. The molecule has 30 saturated heterocycles. The van der Waals surface area contributed by atoms with Gasteiger partial charge in [-0.1, -0.05) is 6.07 Å². The topological polar surface area (TPSA) is 617 Å². The second-order valence-corrected chi connectivity index (χ2v) is 23.8. The lowest BCUT2D eigenvalue weighted by atomic mass is 9.94. The van der Waals surface area contributed by atoms with Gasteiger partial charge in [-0.15, -0.1) is 0 Å². The van der Waals surface area contributed by atoms with Crippen LogP contribution in [0.3, 0.4) is 0 Å². The maximum atomic E-state index is 11.8. The van der Waals surface area contributed by atoms with E-state index in [0.29, 0.717) is 0 Å². The largest absolute Gasteiger partial charge is 0.394 e. The van der Waals surface area contributed by atoms with Crippen LogP contribution in [0.2, 0.25) is 0 Å². The van der Waals surface area contributed by atoms with Crippen LogP contribution in [0.4, 0.5) is 0 Å². The Morgan fingerprint density at radius 2 is 0.344 bits per heavy atom. The van der Waals surface area contributed by atoms with Gasteiger partial charge < -0.3 is 193 Å². The van der Waals surface area contributed by atoms with Gasteiger partial charge in [-0.25, -0.2) is 4.57 Å². The number of aliphatic hydroxyl groups excluding tert-OH is 23. The van der Waals surface area contributed by atoms with Crippen molar-refractivity contribution in [1.29, 1.82) is 0 Å². The van der Waals surface area contributed by atoms with E-state index >= 15 is 0 Å². The van der Waals surface area contributed by atoms with Crippen molar-refractivity contribution >= 4 is 0 Å². The standard InChI is InChI=1S/C53H84NO39/c55-7-15-39-24(64)32(72)48(80-15)89-41-17(9-57)82-50(34(74)26(41)66)91-43-19(11-59)84-52(36(76)28(43)68)93-45-21(13-61)85-53(37(77)29(45)69)92-44-20(12-60)83-51(35(75)27(44)67)90-42-18(10-58)81-49(33(73)25(42)65)88-40-16(8-56)79-47(31(71)23(40)63)86-38-14(6-54-4-2-1-3-5-54)78-46(87-39)30(70)22(38)62/h1-5,14-53,55-77H,6-13H2/q+1/t14-,15+,16-,17+,18-,19+,20-,21+,22+,23+,24+,25+,26-,27+,28+,29+,30+,31+,32-,33+,34+,35+,36+,37+,38+,39+,40+,41+,42+,43+,44+,45+,46+,47+,48+,49+,50+,51+,52+,53+/m0/s1. The predicted molar refractivity (Wildman–Crippen MR) is 281 cm³/mol. The Bertz CT molecular complexity index is 2440. The highest BCUT2D eigenvalue weighted by molar-refractivity contribution is 5.02. The first-order chi connectivity index (χ1) is 44.4. The van der Waals surface area contributed by atoms with E-state index in [1.54, 1.807) is 30.6 Å². The van der Waals surface area contributed by atoms with E-state index in [2.05, 4.69) is 0 Å². The number of hydrogen-bond acceptors (Lipinski definition) is 39. The number of ether oxygens (including phenoxy) is 16. The van der Waals surface area contributed by atoms with Crippen LogP contribution in [0.5, 0.6) is 0 Å². The zero-order valence-corrected chi connectivity index (χ0v) is 48.9. The van der Waals surface area contributed by atoms with Crippen LogP contribution < -0.4 is 4.57 Å². The highest BCUT2D eigenvalue weighted by atomic mass is 16.8. The normalized spacial score (nSPS) is 53.0. The van der Waals surface area contributed by atoms with Gasteiger partial charge in [0, 0.05) is 12.1 Å². The first-order valence-electron chi connectivity index (χ1n) is 30.0. The van der Waals surface area contributed by atoms with Crippen molar-refractivity contribution < 1.29 is 198 Å². The summed E-state index contributed by atoms with van der Waals surface area (Å²) in [4.78, 5) is 0. The van der Waals surface area contributed by atoms with E-state index in [0.717, 1.165) is 0 Å². The van der Waals surface area contributed by atoms with Gasteiger partial charge in [-0.05, 0) is 0 Å². The molecule has 40 heteroatoms. The molecule has 23 N–H and O–H groups in total. The van der Waals surface area contributed by atoms with Crippen LogP contribution in [0, 0.1) is 0 Å². The fraction of sp³-hybridized carbons (Fsp3) is 0.906. The molecular formula is C53H84NO39+. The maximum absolute atomic E-state index is 11.8. The van der Waals surface area contributed by atoms with E-state index in [4.69, 9.17) is 75.8 Å². The molecule has 0 unspecified atom stereocenters. The van der Waals surface area contributed by atoms with Gasteiger partial charge in [0.05, 0.1) is 46.2 Å². The van der Waals surface area contributed by atoms with Crippen molar-refractivity contribution in [3.05, 3.63) is 30.6 Å². The highest BCUT2D eigenvalue weighted by Crippen LogP contribution is 2.40. The Hall–Kier alpha value is -2.41. The van der Waals surface area contributed by atoms with E-state index in [-0.39, 0.29) is 6.54 Å². The molecule has 0 radical (unpaired) electrons. The van der Waals surface area contributed by atoms with Crippen molar-refractivity contribution in [3.63, 3.8) is 0 Å². The average molecular weight is 1360 g/mol. The average Bonchev–Trinajstić information content (AvgIpc) is 0.794. The molecule has 93 heavy (non-hydrogen) atoms. The summed E-state index contributed by atoms with van der Waals surface area (Å²) in [6, 6.07) is 4.86. The molecule has 30 aliphatic rings. The molecule has 0 spiro atoms. The van der Waals surface area contributed by atoms with Crippen molar-refractivity contribution in [2.45, 2.75) is 252 Å². The smallest absolute Gasteiger partial charge is 0.187 e. The second-order valence-electron chi connectivity index (χ2n) is 23.8. The third-order valence-electron chi connectivity index (χ3n) is 17.9. The molecule has 30 fully saturated rings. The number of nitrogens with zero attached hydrogens (tertiary/aromatic N) is 1. The number of aromatic nitrogens is 1. The van der Waals surface area contributed by atoms with Crippen LogP contribution in [-0.2, 0) is 82.3 Å². The lowest BCUT2D eigenvalue weighted by Crippen LogP contribution is -2.69. The highest BCUT2D eigenvalue weighted by Gasteiger charge is 2.60. The zero-order valence-electron chi connectivity index (χ0n) is 48.9. The predicted octanol–water partition coefficient (Wildman–Crippen LogP) is -16.4. The Morgan fingerprint density at radius 3 is 0.505 bits per heavy atom. The number of rotatable bonds is 9. The zero-order chi connectivity index (χ0) is 67.2. The summed E-state index contributed by atoms with van der Waals surface area (Å²) in [5, 5.41) is 258. The van der Waals surface area contributed by atoms with Crippen molar-refractivity contribution in [1.82, 2.24) is 0 Å². The molecule has 16 bridgehead atoms. The van der Waals surface area contributed by atoms with Gasteiger partial charge in [0.15, 0.2) is 69.3 Å². The summed E-state index contributed by atoms with van der Waals surface area (Å²) in [7, 11) is 0. The minimum absolute atomic E-state index is 0.274. The van der Waals surface area contributed by atoms with Gasteiger partial charge in [0.1, 0.15) is 195 Å². The summed E-state index contributed by atoms with van der Waals surface area (Å²) in [5.41, 5.74) is 0. The molecule has 30 aliphatic heterocycles. The molecule has 31 rings (SSSR count). The lowest BCUT2D eigenvalue weighted by molar-refractivity contribution is -0.707. The first-order valence-corrected chi connectivity index (χ1v) is 30.0. The number of hydrogen-bond donors (Lipinski definition) is 23. The monoisotopic (exact) mass is 1360 g/mol. The number of pyridine rings is 1. The van der Waals surface area contributed by atoms with Gasteiger partial charge >= 0.3 is 0 Å². The minimum atomic E-state index is -2.25. The molecule has 0 saturated carbocycles. The quantitative estimate of drug-likeness (QED) is 0.102. The van der Waals surface area contributed by atoms with Gasteiger partial charge in [0.25, 0.3) is 0 Å². The Balaban J connectivity index is 0.927. The van der Waals surface area contributed by atoms with Gasteiger partial charge in [0.2, 0.25) is 0 Å². The third kappa shape index (κ3) is 14.8. The fourth-order valence-electron chi connectivity index (χ4n) is 12.7. The first kappa shape index (κ1) is 73.3. The van der Waals surface area contributed by atoms with E-state index < -0.39 is 292 Å². The van der Waals surface area contributed by atoms with Gasteiger partial charge in [-0.2, -0.15) is 0 Å². The minimum Gasteiger partial charge on any atom is -0.394 e. The van der Waals surface area contributed by atoms with Crippen LogP contribution in [0.1, 0.15) is 0 Å². The van der Waals surface area contributed by atoms with E-state index in [1.807, 2.05) is 0 Å². The third-order valence-corrected chi connectivity index (χ3v) is 17.9. The molecule has 40 atom stereocenters. The van der Waals surface area contributed by atoms with Crippen LogP contribution in [0.25, 0.3) is 0 Å². The summed E-state index contributed by atoms with van der Waals surface area (Å²) in [5.74, 6) is 0. The summed E-state index contributed by atoms with van der Waals surface area (Å²) < 4.78 is 94.4. The van der Waals surface area contributed by atoms with Crippen molar-refractivity contribution in [2.24, 2.45) is 0 Å². The molecule has 0 amide bonds. The van der Waals surface area contributed by atoms with Crippen molar-refractivity contribution in [2.75, 3.05) is 46.2 Å². The maximum Gasteiger partial charge on any atom is 0.187 e.